The van der Waals surface area contributed by atoms with Gasteiger partial charge in [-0.15, -0.1) is 0 Å². The normalized spacial score (nSPS) is 37.8. The van der Waals surface area contributed by atoms with E-state index in [4.69, 9.17) is 4.42 Å². The molecule has 1 spiro atoms. The third-order valence-corrected chi connectivity index (χ3v) is 8.88. The molecule has 2 bridgehead atoms. The van der Waals surface area contributed by atoms with E-state index < -0.39 is 15.9 Å². The Bertz CT molecular complexity index is 752. The molecular weight excluding hydrogens is 314 g/mol. The van der Waals surface area contributed by atoms with Gasteiger partial charge in [0.2, 0.25) is 15.9 Å². The Labute approximate surface area is 137 Å². The van der Waals surface area contributed by atoms with Crippen LogP contribution in [0.15, 0.2) is 22.8 Å². The van der Waals surface area contributed by atoms with Crippen LogP contribution in [0, 0.1) is 16.7 Å². The van der Waals surface area contributed by atoms with Gasteiger partial charge in [-0.3, -0.25) is 4.79 Å². The van der Waals surface area contributed by atoms with Crippen LogP contribution in [0.4, 0.5) is 0 Å². The Morgan fingerprint density at radius 2 is 2.17 bits per heavy atom. The highest BCUT2D eigenvalue weighted by Crippen LogP contribution is 2.70. The van der Waals surface area contributed by atoms with Crippen LogP contribution in [-0.4, -0.2) is 30.4 Å². The zero-order valence-electron chi connectivity index (χ0n) is 13.8. The first-order chi connectivity index (χ1) is 10.7. The van der Waals surface area contributed by atoms with Gasteiger partial charge in [-0.2, -0.15) is 0 Å². The minimum atomic E-state index is -3.55. The topological polar surface area (TPSA) is 67.6 Å². The molecule has 0 aromatic carbocycles. The van der Waals surface area contributed by atoms with Gasteiger partial charge in [-0.25, -0.2) is 12.7 Å². The quantitative estimate of drug-likeness (QED) is 0.832. The van der Waals surface area contributed by atoms with E-state index in [0.717, 1.165) is 19.3 Å². The average Bonchev–Trinajstić information content (AvgIpc) is 3.16. The molecule has 0 N–H and O–H groups in total. The van der Waals surface area contributed by atoms with Gasteiger partial charge in [0, 0.05) is 5.41 Å². The van der Waals surface area contributed by atoms with Crippen molar-refractivity contribution in [3.8, 4) is 0 Å². The highest BCUT2D eigenvalue weighted by molar-refractivity contribution is 7.90. The summed E-state index contributed by atoms with van der Waals surface area (Å²) in [4.78, 5) is 13.0. The lowest BCUT2D eigenvalue weighted by atomic mass is 9.69. The molecule has 1 saturated heterocycles. The Hall–Kier alpha value is -1.30. The average molecular weight is 337 g/mol. The summed E-state index contributed by atoms with van der Waals surface area (Å²) in [7, 11) is -3.55. The molecule has 1 aromatic heterocycles. The molecule has 2 aliphatic carbocycles. The number of nitrogens with zero attached hydrogens (tertiary/aromatic N) is 1. The molecule has 2 heterocycles. The van der Waals surface area contributed by atoms with Crippen molar-refractivity contribution >= 4 is 15.9 Å². The maximum atomic E-state index is 13.0. The van der Waals surface area contributed by atoms with Gasteiger partial charge in [-0.1, -0.05) is 13.8 Å². The second-order valence-corrected chi connectivity index (χ2v) is 9.84. The molecule has 5 nitrogen and oxygen atoms in total. The predicted molar refractivity (Wildman–Crippen MR) is 85.1 cm³/mol. The van der Waals surface area contributed by atoms with E-state index in [1.54, 1.807) is 19.1 Å². The summed E-state index contributed by atoms with van der Waals surface area (Å²) in [6.45, 7) is 6.09. The summed E-state index contributed by atoms with van der Waals surface area (Å²) >= 11 is 0. The molecular formula is C17H23NO4S. The fourth-order valence-electron chi connectivity index (χ4n) is 5.43. The van der Waals surface area contributed by atoms with Crippen LogP contribution < -0.4 is 0 Å². The monoisotopic (exact) mass is 337 g/mol. The number of furan rings is 1. The minimum Gasteiger partial charge on any atom is -0.469 e. The number of carbonyl (C=O) groups excluding carboxylic acids is 1. The number of hydrogen-bond acceptors (Lipinski definition) is 4. The number of amides is 1. The first-order valence-corrected chi connectivity index (χ1v) is 9.91. The highest BCUT2D eigenvalue weighted by Gasteiger charge is 2.72. The zero-order valence-corrected chi connectivity index (χ0v) is 14.6. The van der Waals surface area contributed by atoms with Gasteiger partial charge >= 0.3 is 0 Å². The molecule has 1 amide bonds. The Kier molecular flexibility index (Phi) is 2.92. The number of rotatable bonds is 2. The van der Waals surface area contributed by atoms with Gasteiger partial charge in [0.25, 0.3) is 0 Å². The molecule has 126 valence electrons. The lowest BCUT2D eigenvalue weighted by Gasteiger charge is -2.37. The molecule has 6 heteroatoms. The first kappa shape index (κ1) is 15.2. The van der Waals surface area contributed by atoms with Crippen molar-refractivity contribution in [3.63, 3.8) is 0 Å². The molecule has 0 unspecified atom stereocenters. The van der Waals surface area contributed by atoms with Crippen LogP contribution in [0.25, 0.3) is 0 Å². The predicted octanol–water partition coefficient (Wildman–Crippen LogP) is 2.75. The molecule has 4 atom stereocenters. The number of hydrogen-bond donors (Lipinski definition) is 0. The Morgan fingerprint density at radius 3 is 2.78 bits per heavy atom. The van der Waals surface area contributed by atoms with Crippen molar-refractivity contribution in [1.29, 1.82) is 0 Å². The van der Waals surface area contributed by atoms with Crippen LogP contribution >= 0.6 is 0 Å². The molecule has 0 radical (unpaired) electrons. The molecule has 2 saturated carbocycles. The number of fused-ring (bicyclic) bond motifs is 1. The SMILES string of the molecule is C[C@H](C(=O)N1[C@@H]2C[C@H]3CC[C@]2(CS1(=O)=O)C3(C)C)c1ccco1. The van der Waals surface area contributed by atoms with Crippen LogP contribution in [0.1, 0.15) is 51.7 Å². The standard InChI is InChI=1S/C17H23NO4S/c1-11(13-5-4-8-22-13)15(19)18-14-9-12-6-7-17(14,16(12,2)3)10-23(18,20)21/h4-5,8,11-12,14H,6-7,9-10H2,1-3H3/t11-,12+,14+,17+/m0/s1. The lowest BCUT2D eigenvalue weighted by Crippen LogP contribution is -2.45. The fraction of sp³-hybridized carbons (Fsp3) is 0.706. The summed E-state index contributed by atoms with van der Waals surface area (Å²) in [5.41, 5.74) is -0.289. The van der Waals surface area contributed by atoms with Crippen molar-refractivity contribution in [2.45, 2.75) is 52.0 Å². The van der Waals surface area contributed by atoms with E-state index in [1.807, 2.05) is 0 Å². The molecule has 1 aromatic rings. The van der Waals surface area contributed by atoms with Crippen LogP contribution in [0.2, 0.25) is 0 Å². The summed E-state index contributed by atoms with van der Waals surface area (Å²) in [5, 5.41) is 0. The third kappa shape index (κ3) is 1.73. The molecule has 3 fully saturated rings. The van der Waals surface area contributed by atoms with Gasteiger partial charge < -0.3 is 4.42 Å². The minimum absolute atomic E-state index is 0.0202. The fourth-order valence-corrected chi connectivity index (χ4v) is 8.04. The third-order valence-electron chi connectivity index (χ3n) is 6.97. The molecule has 3 aliphatic rings. The molecule has 23 heavy (non-hydrogen) atoms. The molecule has 4 rings (SSSR count). The number of sulfonamides is 1. The largest absolute Gasteiger partial charge is 0.469 e. The van der Waals surface area contributed by atoms with Gasteiger partial charge in [-0.05, 0) is 49.7 Å². The Morgan fingerprint density at radius 1 is 1.43 bits per heavy atom. The van der Waals surface area contributed by atoms with Crippen molar-refractivity contribution in [1.82, 2.24) is 4.31 Å². The first-order valence-electron chi connectivity index (χ1n) is 8.30. The molecule has 1 aliphatic heterocycles. The summed E-state index contributed by atoms with van der Waals surface area (Å²) < 4.78 is 32.2. The van der Waals surface area contributed by atoms with Crippen LogP contribution in [0.3, 0.4) is 0 Å². The van der Waals surface area contributed by atoms with E-state index in [2.05, 4.69) is 13.8 Å². The Balaban J connectivity index is 1.74. The van der Waals surface area contributed by atoms with E-state index >= 15 is 0 Å². The van der Waals surface area contributed by atoms with Crippen molar-refractivity contribution in [3.05, 3.63) is 24.2 Å². The van der Waals surface area contributed by atoms with Crippen molar-refractivity contribution in [2.24, 2.45) is 16.7 Å². The summed E-state index contributed by atoms with van der Waals surface area (Å²) in [5.74, 6) is 0.234. The maximum absolute atomic E-state index is 13.0. The van der Waals surface area contributed by atoms with E-state index in [1.165, 1.54) is 10.6 Å². The van der Waals surface area contributed by atoms with Crippen LogP contribution in [-0.2, 0) is 14.8 Å². The van der Waals surface area contributed by atoms with E-state index in [9.17, 15) is 13.2 Å². The van der Waals surface area contributed by atoms with Gasteiger partial charge in [0.05, 0.1) is 24.0 Å². The summed E-state index contributed by atoms with van der Waals surface area (Å²) in [6.07, 6.45) is 4.31. The summed E-state index contributed by atoms with van der Waals surface area (Å²) in [6, 6.07) is 3.28. The highest BCUT2D eigenvalue weighted by atomic mass is 32.2. The lowest BCUT2D eigenvalue weighted by molar-refractivity contribution is -0.130. The van der Waals surface area contributed by atoms with Crippen molar-refractivity contribution in [2.75, 3.05) is 5.75 Å². The van der Waals surface area contributed by atoms with Gasteiger partial charge in [0.1, 0.15) is 5.76 Å². The number of carbonyl (C=O) groups is 1. The smallest absolute Gasteiger partial charge is 0.246 e. The van der Waals surface area contributed by atoms with Gasteiger partial charge in [0.15, 0.2) is 0 Å². The van der Waals surface area contributed by atoms with E-state index in [-0.39, 0.29) is 28.5 Å². The second-order valence-electron chi connectivity index (χ2n) is 7.99. The van der Waals surface area contributed by atoms with E-state index in [0.29, 0.717) is 11.7 Å². The van der Waals surface area contributed by atoms with Crippen LogP contribution in [0.5, 0.6) is 0 Å². The zero-order chi connectivity index (χ0) is 16.6. The second kappa shape index (κ2) is 4.41. The maximum Gasteiger partial charge on any atom is 0.246 e. The van der Waals surface area contributed by atoms with Crippen molar-refractivity contribution < 1.29 is 17.6 Å².